The van der Waals surface area contributed by atoms with Crippen LogP contribution in [-0.2, 0) is 16.0 Å². The molecule has 0 saturated heterocycles. The third kappa shape index (κ3) is 6.90. The van der Waals surface area contributed by atoms with E-state index in [1.54, 1.807) is 0 Å². The Morgan fingerprint density at radius 1 is 1.14 bits per heavy atom. The predicted octanol–water partition coefficient (Wildman–Crippen LogP) is -0.218. The Hall–Kier alpha value is -2.52. The minimum absolute atomic E-state index is 0.155. The second-order valence-electron chi connectivity index (χ2n) is 7.18. The Balaban J connectivity index is 2.14. The van der Waals surface area contributed by atoms with Gasteiger partial charge in [-0.15, -0.1) is 0 Å². The zero-order valence-electron chi connectivity index (χ0n) is 16.2. The maximum Gasteiger partial charge on any atom is 0.475 e. The number of carbonyl (C=O) groups excluding carboxylic acids is 2. The molecule has 1 aliphatic rings. The van der Waals surface area contributed by atoms with Crippen molar-refractivity contribution in [1.29, 1.82) is 0 Å². The smallest absolute Gasteiger partial charge is 0.426 e. The number of aliphatic imine (C=N–C) groups is 2. The largest absolute Gasteiger partial charge is 0.475 e. The van der Waals surface area contributed by atoms with Crippen LogP contribution in [0.15, 0.2) is 40.3 Å². The van der Waals surface area contributed by atoms with Gasteiger partial charge < -0.3 is 20.7 Å². The maximum absolute atomic E-state index is 12.8. The van der Waals surface area contributed by atoms with Crippen molar-refractivity contribution in [3.05, 3.63) is 35.9 Å². The van der Waals surface area contributed by atoms with Gasteiger partial charge in [0.2, 0.25) is 5.91 Å². The van der Waals surface area contributed by atoms with Gasteiger partial charge in [0.05, 0.1) is 25.2 Å². The summed E-state index contributed by atoms with van der Waals surface area (Å²) in [5.41, 5.74) is 1.05. The van der Waals surface area contributed by atoms with E-state index in [2.05, 4.69) is 20.6 Å². The maximum atomic E-state index is 12.8. The van der Waals surface area contributed by atoms with Crippen molar-refractivity contribution < 1.29 is 19.6 Å². The lowest BCUT2D eigenvalue weighted by molar-refractivity contribution is -0.126. The van der Waals surface area contributed by atoms with Crippen LogP contribution >= 0.6 is 0 Å². The molecule has 28 heavy (non-hydrogen) atoms. The fraction of sp³-hybridized carbons (Fsp3) is 0.474. The summed E-state index contributed by atoms with van der Waals surface area (Å²) in [6.07, 6.45) is 2.06. The topological polar surface area (TPSA) is 123 Å². The minimum Gasteiger partial charge on any atom is -0.426 e. The van der Waals surface area contributed by atoms with Crippen LogP contribution in [0.5, 0.6) is 0 Å². The van der Waals surface area contributed by atoms with Crippen LogP contribution in [0.3, 0.4) is 0 Å². The Morgan fingerprint density at radius 2 is 1.86 bits per heavy atom. The summed E-state index contributed by atoms with van der Waals surface area (Å²) in [6.45, 7) is 4.81. The molecule has 1 aliphatic heterocycles. The van der Waals surface area contributed by atoms with Crippen molar-refractivity contribution >= 4 is 30.9 Å². The van der Waals surface area contributed by atoms with Crippen molar-refractivity contribution in [1.82, 2.24) is 10.6 Å². The Morgan fingerprint density at radius 3 is 2.43 bits per heavy atom. The van der Waals surface area contributed by atoms with Gasteiger partial charge in [0.25, 0.3) is 5.91 Å². The molecule has 0 fully saturated rings. The minimum atomic E-state index is -1.69. The molecule has 1 aromatic rings. The van der Waals surface area contributed by atoms with Gasteiger partial charge in [-0.25, -0.2) is 0 Å². The number of rotatable bonds is 9. The molecule has 1 aromatic carbocycles. The third-order valence-corrected chi connectivity index (χ3v) is 4.27. The average Bonchev–Trinajstić information content (AvgIpc) is 2.68. The van der Waals surface area contributed by atoms with Gasteiger partial charge in [-0.05, 0) is 17.9 Å². The number of nitrogens with one attached hydrogen (secondary N) is 2. The quantitative estimate of drug-likeness (QED) is 0.438. The van der Waals surface area contributed by atoms with E-state index in [1.165, 1.54) is 6.21 Å². The number of carbonyl (C=O) groups is 2. The molecule has 2 amide bonds. The zero-order chi connectivity index (χ0) is 20.5. The van der Waals surface area contributed by atoms with Gasteiger partial charge >= 0.3 is 7.12 Å². The fourth-order valence-electron chi connectivity index (χ4n) is 2.89. The molecule has 0 aliphatic carbocycles. The van der Waals surface area contributed by atoms with Crippen LogP contribution in [-0.4, -0.2) is 66.0 Å². The van der Waals surface area contributed by atoms with Crippen molar-refractivity contribution in [2.24, 2.45) is 15.9 Å². The number of nitrogens with zero attached hydrogens (tertiary/aromatic N) is 2. The number of benzene rings is 1. The van der Waals surface area contributed by atoms with Crippen molar-refractivity contribution in [2.45, 2.75) is 38.7 Å². The van der Waals surface area contributed by atoms with Crippen LogP contribution < -0.4 is 10.6 Å². The van der Waals surface area contributed by atoms with Gasteiger partial charge in [0, 0.05) is 6.42 Å². The highest BCUT2D eigenvalue weighted by Gasteiger charge is 2.30. The van der Waals surface area contributed by atoms with E-state index < -0.39 is 30.9 Å². The first-order valence-electron chi connectivity index (χ1n) is 9.42. The summed E-state index contributed by atoms with van der Waals surface area (Å²) < 4.78 is 0. The van der Waals surface area contributed by atoms with Gasteiger partial charge in [-0.3, -0.25) is 19.6 Å². The van der Waals surface area contributed by atoms with Crippen LogP contribution in [0.1, 0.15) is 25.8 Å². The van der Waals surface area contributed by atoms with Gasteiger partial charge in [-0.2, -0.15) is 0 Å². The summed E-state index contributed by atoms with van der Waals surface area (Å²) in [5, 5.41) is 24.5. The lowest BCUT2D eigenvalue weighted by Crippen LogP contribution is -2.55. The van der Waals surface area contributed by atoms with Crippen LogP contribution in [0, 0.1) is 5.92 Å². The van der Waals surface area contributed by atoms with Crippen LogP contribution in [0.25, 0.3) is 0 Å². The van der Waals surface area contributed by atoms with E-state index in [0.717, 1.165) is 5.56 Å². The molecular weight excluding hydrogens is 359 g/mol. The second kappa shape index (κ2) is 10.7. The standard InChI is InChI=1S/C19H27BN4O4/c1-13(2)10-17(20(27)28)24-18(25)15(11-14-6-4-3-5-7-14)23-19(26)16-12-21-8-9-22-16/h3-7,12-13,15,17,27-28H,8-11H2,1-2H3,(H,23,26)(H,24,25)/t15-,17-/m0/s1. The third-order valence-electron chi connectivity index (χ3n) is 4.27. The Labute approximate surface area is 165 Å². The second-order valence-corrected chi connectivity index (χ2v) is 7.18. The van der Waals surface area contributed by atoms with Gasteiger partial charge in [0.15, 0.2) is 0 Å². The van der Waals surface area contributed by atoms with E-state index in [1.807, 2.05) is 44.2 Å². The molecule has 0 saturated carbocycles. The molecule has 150 valence electrons. The summed E-state index contributed by atoms with van der Waals surface area (Å²) in [4.78, 5) is 33.5. The van der Waals surface area contributed by atoms with E-state index in [9.17, 15) is 19.6 Å². The first kappa shape index (κ1) is 21.8. The van der Waals surface area contributed by atoms with E-state index in [0.29, 0.717) is 19.5 Å². The highest BCUT2D eigenvalue weighted by molar-refractivity contribution is 6.61. The molecule has 2 rings (SSSR count). The summed E-state index contributed by atoms with van der Waals surface area (Å²) in [7, 11) is -1.69. The first-order valence-corrected chi connectivity index (χ1v) is 9.42. The lowest BCUT2D eigenvalue weighted by atomic mass is 9.75. The Kier molecular flexibility index (Phi) is 8.34. The summed E-state index contributed by atoms with van der Waals surface area (Å²) >= 11 is 0. The van der Waals surface area contributed by atoms with Crippen molar-refractivity contribution in [3.8, 4) is 0 Å². The molecule has 0 bridgehead atoms. The zero-order valence-corrected chi connectivity index (χ0v) is 16.2. The number of hydrogen-bond donors (Lipinski definition) is 4. The number of hydrogen-bond acceptors (Lipinski definition) is 6. The van der Waals surface area contributed by atoms with Crippen LogP contribution in [0.2, 0.25) is 0 Å². The molecule has 2 atom stereocenters. The van der Waals surface area contributed by atoms with E-state index >= 15 is 0 Å². The molecular formula is C19H27BN4O4. The molecule has 0 unspecified atom stereocenters. The summed E-state index contributed by atoms with van der Waals surface area (Å²) in [5.74, 6) is -1.63. The lowest BCUT2D eigenvalue weighted by Gasteiger charge is -2.24. The molecule has 0 spiro atoms. The van der Waals surface area contributed by atoms with E-state index in [-0.39, 0.29) is 18.1 Å². The van der Waals surface area contributed by atoms with E-state index in [4.69, 9.17) is 0 Å². The molecule has 0 radical (unpaired) electrons. The monoisotopic (exact) mass is 386 g/mol. The molecule has 0 aromatic heterocycles. The predicted molar refractivity (Wildman–Crippen MR) is 109 cm³/mol. The average molecular weight is 386 g/mol. The van der Waals surface area contributed by atoms with Gasteiger partial charge in [-0.1, -0.05) is 44.2 Å². The highest BCUT2D eigenvalue weighted by Crippen LogP contribution is 2.08. The number of amides is 2. The highest BCUT2D eigenvalue weighted by atomic mass is 16.4. The fourth-order valence-corrected chi connectivity index (χ4v) is 2.89. The normalized spacial score (nSPS) is 15.5. The SMILES string of the molecule is CC(C)C[C@H](NC(=O)[C@H](Cc1ccccc1)NC(=O)C1=NCCN=C1)B(O)O. The molecule has 1 heterocycles. The van der Waals surface area contributed by atoms with Crippen LogP contribution in [0.4, 0.5) is 0 Å². The Bertz CT molecular complexity index is 722. The molecule has 4 N–H and O–H groups in total. The molecule has 9 heteroatoms. The summed E-state index contributed by atoms with van der Waals surface area (Å²) in [6, 6.07) is 8.40. The van der Waals surface area contributed by atoms with Gasteiger partial charge in [0.1, 0.15) is 11.8 Å². The molecule has 8 nitrogen and oxygen atoms in total. The van der Waals surface area contributed by atoms with Crippen molar-refractivity contribution in [2.75, 3.05) is 13.1 Å². The van der Waals surface area contributed by atoms with Crippen molar-refractivity contribution in [3.63, 3.8) is 0 Å². The first-order chi connectivity index (χ1) is 13.4.